The van der Waals surface area contributed by atoms with E-state index in [1.807, 2.05) is 23.9 Å². The van der Waals surface area contributed by atoms with Crippen molar-refractivity contribution in [2.75, 3.05) is 11.5 Å². The van der Waals surface area contributed by atoms with Gasteiger partial charge in [-0.1, -0.05) is 26.8 Å². The number of aromatic nitrogens is 1. The number of hydrogen-bond donors (Lipinski definition) is 2. The highest BCUT2D eigenvalue weighted by molar-refractivity contribution is 8.00. The van der Waals surface area contributed by atoms with E-state index in [1.54, 1.807) is 6.20 Å². The van der Waals surface area contributed by atoms with Gasteiger partial charge in [-0.2, -0.15) is 11.8 Å². The number of hydrogen-bond acceptors (Lipinski definition) is 4. The molecule has 1 unspecified atom stereocenters. The summed E-state index contributed by atoms with van der Waals surface area (Å²) in [5, 5.41) is 0. The molecule has 0 spiro atoms. The fraction of sp³-hybridized carbons (Fsp3) is 0.545. The summed E-state index contributed by atoms with van der Waals surface area (Å²) in [6, 6.07) is 3.77. The Morgan fingerprint density at radius 1 is 1.47 bits per heavy atom. The van der Waals surface area contributed by atoms with E-state index < -0.39 is 0 Å². The van der Waals surface area contributed by atoms with Crippen LogP contribution in [0, 0.1) is 0 Å². The van der Waals surface area contributed by atoms with Crippen molar-refractivity contribution in [2.45, 2.75) is 31.6 Å². The molecule has 4 heteroatoms. The van der Waals surface area contributed by atoms with Gasteiger partial charge in [-0.25, -0.2) is 4.98 Å². The van der Waals surface area contributed by atoms with Crippen LogP contribution < -0.4 is 11.5 Å². The lowest BCUT2D eigenvalue weighted by molar-refractivity contribution is 0.778. The van der Waals surface area contributed by atoms with E-state index >= 15 is 0 Å². The summed E-state index contributed by atoms with van der Waals surface area (Å²) in [6.45, 7) is 6.53. The monoisotopic (exact) mass is 225 g/mol. The van der Waals surface area contributed by atoms with Gasteiger partial charge in [0.15, 0.2) is 0 Å². The lowest BCUT2D eigenvalue weighted by atomic mass is 10.1. The molecule has 0 saturated heterocycles. The van der Waals surface area contributed by atoms with E-state index in [2.05, 4.69) is 25.8 Å². The van der Waals surface area contributed by atoms with E-state index in [0.717, 1.165) is 11.3 Å². The summed E-state index contributed by atoms with van der Waals surface area (Å²) < 4.78 is 0.231. The first-order chi connectivity index (χ1) is 6.90. The molecule has 3 nitrogen and oxygen atoms in total. The fourth-order valence-corrected chi connectivity index (χ4v) is 2.03. The molecule has 0 amide bonds. The van der Waals surface area contributed by atoms with Crippen LogP contribution in [0.3, 0.4) is 0 Å². The molecular weight excluding hydrogens is 206 g/mol. The van der Waals surface area contributed by atoms with Crippen molar-refractivity contribution in [3.63, 3.8) is 0 Å². The molecule has 0 saturated carbocycles. The maximum Gasteiger partial charge on any atom is 0.128 e. The number of anilines is 1. The molecule has 0 bridgehead atoms. The molecule has 1 aromatic heterocycles. The molecule has 4 N–H and O–H groups in total. The van der Waals surface area contributed by atoms with Gasteiger partial charge >= 0.3 is 0 Å². The smallest absolute Gasteiger partial charge is 0.128 e. The van der Waals surface area contributed by atoms with Crippen molar-refractivity contribution in [1.29, 1.82) is 0 Å². The Balaban J connectivity index is 2.62. The minimum absolute atomic E-state index is 0.0390. The average molecular weight is 225 g/mol. The van der Waals surface area contributed by atoms with Crippen LogP contribution >= 0.6 is 11.8 Å². The third-order valence-electron chi connectivity index (χ3n) is 1.97. The van der Waals surface area contributed by atoms with Crippen LogP contribution in [-0.2, 0) is 0 Å². The molecule has 84 valence electrons. The molecule has 1 aromatic rings. The first kappa shape index (κ1) is 12.3. The molecule has 0 radical (unpaired) electrons. The zero-order valence-electron chi connectivity index (χ0n) is 9.53. The molecule has 0 aliphatic rings. The Hall–Kier alpha value is -0.740. The van der Waals surface area contributed by atoms with Crippen molar-refractivity contribution in [2.24, 2.45) is 5.73 Å². The van der Waals surface area contributed by atoms with Crippen molar-refractivity contribution in [3.05, 3.63) is 23.9 Å². The molecular formula is C11H19N3S. The van der Waals surface area contributed by atoms with Gasteiger partial charge in [-0.3, -0.25) is 0 Å². The quantitative estimate of drug-likeness (QED) is 0.827. The zero-order chi connectivity index (χ0) is 11.5. The second-order valence-electron chi connectivity index (χ2n) is 4.51. The lowest BCUT2D eigenvalue weighted by Gasteiger charge is -2.21. The van der Waals surface area contributed by atoms with Crippen molar-refractivity contribution >= 4 is 17.6 Å². The average Bonchev–Trinajstić information content (AvgIpc) is 2.14. The van der Waals surface area contributed by atoms with Crippen LogP contribution in [-0.4, -0.2) is 15.5 Å². The summed E-state index contributed by atoms with van der Waals surface area (Å²) in [5.41, 5.74) is 12.8. The highest BCUT2D eigenvalue weighted by atomic mass is 32.2. The largest absolute Gasteiger partial charge is 0.383 e. The Bertz CT molecular complexity index is 320. The Kier molecular flexibility index (Phi) is 3.99. The van der Waals surface area contributed by atoms with Gasteiger partial charge in [-0.15, -0.1) is 0 Å². The van der Waals surface area contributed by atoms with Gasteiger partial charge in [0.1, 0.15) is 5.82 Å². The predicted octanol–water partition coefficient (Wildman–Crippen LogP) is 2.20. The topological polar surface area (TPSA) is 64.9 Å². The first-order valence-corrected chi connectivity index (χ1v) is 5.98. The second kappa shape index (κ2) is 4.86. The lowest BCUT2D eigenvalue weighted by Crippen LogP contribution is -2.19. The highest BCUT2D eigenvalue weighted by Crippen LogP contribution is 2.28. The molecule has 1 rings (SSSR count). The number of nitrogens with zero attached hydrogens (tertiary/aromatic N) is 1. The summed E-state index contributed by atoms with van der Waals surface area (Å²) >= 11 is 1.84. The second-order valence-corrected chi connectivity index (χ2v) is 6.35. The van der Waals surface area contributed by atoms with Crippen LogP contribution in [0.25, 0.3) is 0 Å². The molecule has 1 heterocycles. The van der Waals surface area contributed by atoms with E-state index in [9.17, 15) is 0 Å². The van der Waals surface area contributed by atoms with E-state index in [-0.39, 0.29) is 10.8 Å². The van der Waals surface area contributed by atoms with Crippen LogP contribution in [0.2, 0.25) is 0 Å². The van der Waals surface area contributed by atoms with E-state index in [0.29, 0.717) is 5.82 Å². The van der Waals surface area contributed by atoms with Gasteiger partial charge < -0.3 is 11.5 Å². The maximum atomic E-state index is 6.06. The molecule has 1 atom stereocenters. The van der Waals surface area contributed by atoms with E-state index in [4.69, 9.17) is 11.5 Å². The Morgan fingerprint density at radius 2 is 2.13 bits per heavy atom. The molecule has 0 fully saturated rings. The molecule has 0 aromatic carbocycles. The summed E-state index contributed by atoms with van der Waals surface area (Å²) in [6.07, 6.45) is 1.68. The minimum Gasteiger partial charge on any atom is -0.383 e. The summed E-state index contributed by atoms with van der Waals surface area (Å²) in [7, 11) is 0. The zero-order valence-corrected chi connectivity index (χ0v) is 10.3. The molecule has 15 heavy (non-hydrogen) atoms. The fourth-order valence-electron chi connectivity index (χ4n) is 1.17. The SMILES string of the molecule is CC(C)(C)SCC(N)c1cccnc1N. The van der Waals surface area contributed by atoms with Gasteiger partial charge in [0.05, 0.1) is 0 Å². The van der Waals surface area contributed by atoms with E-state index in [1.165, 1.54) is 0 Å². The van der Waals surface area contributed by atoms with Crippen molar-refractivity contribution in [1.82, 2.24) is 4.98 Å². The van der Waals surface area contributed by atoms with Gasteiger partial charge in [-0.05, 0) is 6.07 Å². The van der Waals surface area contributed by atoms with Gasteiger partial charge in [0.25, 0.3) is 0 Å². The van der Waals surface area contributed by atoms with Gasteiger partial charge in [0.2, 0.25) is 0 Å². The first-order valence-electron chi connectivity index (χ1n) is 5.00. The number of thioether (sulfide) groups is 1. The van der Waals surface area contributed by atoms with Crippen LogP contribution in [0.4, 0.5) is 5.82 Å². The maximum absolute atomic E-state index is 6.06. The highest BCUT2D eigenvalue weighted by Gasteiger charge is 2.15. The summed E-state index contributed by atoms with van der Waals surface area (Å²) in [4.78, 5) is 4.03. The Labute approximate surface area is 95.6 Å². The number of pyridine rings is 1. The third-order valence-corrected chi connectivity index (χ3v) is 3.36. The number of rotatable bonds is 3. The number of nitrogens with two attached hydrogens (primary N) is 2. The normalized spacial score (nSPS) is 13.9. The Morgan fingerprint density at radius 3 is 2.67 bits per heavy atom. The third kappa shape index (κ3) is 4.10. The van der Waals surface area contributed by atoms with Crippen LogP contribution in [0.1, 0.15) is 32.4 Å². The summed E-state index contributed by atoms with van der Waals surface area (Å²) in [5.74, 6) is 1.40. The van der Waals surface area contributed by atoms with Crippen LogP contribution in [0.5, 0.6) is 0 Å². The molecule has 0 aliphatic carbocycles. The van der Waals surface area contributed by atoms with Crippen molar-refractivity contribution < 1.29 is 0 Å². The standard InChI is InChI=1S/C11H19N3S/c1-11(2,3)15-7-9(12)8-5-4-6-14-10(8)13/h4-6,9H,7,12H2,1-3H3,(H2,13,14). The van der Waals surface area contributed by atoms with Crippen LogP contribution in [0.15, 0.2) is 18.3 Å². The van der Waals surface area contributed by atoms with Crippen molar-refractivity contribution in [3.8, 4) is 0 Å². The predicted molar refractivity (Wildman–Crippen MR) is 67.8 cm³/mol. The van der Waals surface area contributed by atoms with Gasteiger partial charge in [0, 0.05) is 28.3 Å². The minimum atomic E-state index is -0.0390. The molecule has 0 aliphatic heterocycles. The number of nitrogen functional groups attached to an aromatic ring is 1.